The van der Waals surface area contributed by atoms with Gasteiger partial charge >= 0.3 is 0 Å². The van der Waals surface area contributed by atoms with Crippen molar-refractivity contribution < 1.29 is 4.42 Å². The minimum atomic E-state index is 0.0148. The second kappa shape index (κ2) is 14.0. The number of allylic oxidation sites excluding steroid dienone is 2. The number of hydrogen-bond acceptors (Lipinski definition) is 2. The lowest BCUT2D eigenvalue weighted by atomic mass is 9.91. The molecule has 0 bridgehead atoms. The Hall–Kier alpha value is -5.35. The summed E-state index contributed by atoms with van der Waals surface area (Å²) in [6, 6.07) is 31.8. The fourth-order valence-corrected chi connectivity index (χ4v) is 6.56. The lowest BCUT2D eigenvalue weighted by molar-refractivity contribution is 0.547. The summed E-state index contributed by atoms with van der Waals surface area (Å²) >= 11 is 0. The topological polar surface area (TPSA) is 50.2 Å². The van der Waals surface area contributed by atoms with E-state index in [4.69, 9.17) is 14.4 Å². The smallest absolute Gasteiger partial charge is 0.153 e. The molecule has 0 saturated heterocycles. The number of furan rings is 1. The molecule has 1 heterocycles. The lowest BCUT2D eigenvalue weighted by Crippen LogP contribution is -2.14. The highest BCUT2D eigenvalue weighted by molar-refractivity contribution is 6.16. The Morgan fingerprint density at radius 2 is 1.66 bits per heavy atom. The standard InChI is InChI=1S/C43H39N3O/c1-3-32(24-23-30-15-7-4-8-16-30)42(44-2)46-43(45-29-31-17-9-5-10-18-31)34-25-26-40-38(27-34)39-28-37(33-19-11-6-12-20-33)35-21-13-14-22-36(35)41(39)47-40/h4,6-9,11-24,27-28,32H,2-3,5,10,25-26,29H2,1H3/b24-23-,45-43-,46-42-. The van der Waals surface area contributed by atoms with Crippen LogP contribution >= 0.6 is 0 Å². The number of aliphatic imine (C=N–C) groups is 3. The summed E-state index contributed by atoms with van der Waals surface area (Å²) in [5.74, 6) is 2.44. The van der Waals surface area contributed by atoms with Gasteiger partial charge in [0, 0.05) is 28.7 Å². The first kappa shape index (κ1) is 30.3. The van der Waals surface area contributed by atoms with E-state index >= 15 is 0 Å². The molecule has 5 aromatic rings. The number of nitrogens with zero attached hydrogens (tertiary/aromatic N) is 3. The predicted molar refractivity (Wildman–Crippen MR) is 200 cm³/mol. The Morgan fingerprint density at radius 1 is 0.894 bits per heavy atom. The summed E-state index contributed by atoms with van der Waals surface area (Å²) in [6.45, 7) is 6.68. The minimum Gasteiger partial charge on any atom is -0.460 e. The van der Waals surface area contributed by atoms with Crippen LogP contribution in [0.4, 0.5) is 0 Å². The van der Waals surface area contributed by atoms with Crippen LogP contribution in [0.2, 0.25) is 0 Å². The highest BCUT2D eigenvalue weighted by Gasteiger charge is 2.24. The summed E-state index contributed by atoms with van der Waals surface area (Å²) in [5, 5.41) is 3.44. The number of aryl methyl sites for hydroxylation is 1. The Bertz CT molecular complexity index is 2110. The number of amidine groups is 2. The molecule has 1 unspecified atom stereocenters. The van der Waals surface area contributed by atoms with Crippen molar-refractivity contribution in [3.63, 3.8) is 0 Å². The van der Waals surface area contributed by atoms with Crippen LogP contribution in [0.25, 0.3) is 45.0 Å². The Morgan fingerprint density at radius 3 is 2.40 bits per heavy atom. The SMILES string of the molecule is C=N/C(=N\C(=N/CC1=CCCC=C1)C1=Cc2c(oc3c2cc(-c2ccccc2)c2ccccc23)CC1)C(/C=C\c1ccccc1)CC. The lowest BCUT2D eigenvalue weighted by Gasteiger charge is -2.16. The molecule has 0 saturated carbocycles. The monoisotopic (exact) mass is 613 g/mol. The first-order valence-corrected chi connectivity index (χ1v) is 16.6. The van der Waals surface area contributed by atoms with Crippen molar-refractivity contribution in [2.24, 2.45) is 20.9 Å². The van der Waals surface area contributed by atoms with E-state index in [1.807, 2.05) is 6.07 Å². The summed E-state index contributed by atoms with van der Waals surface area (Å²) < 4.78 is 6.63. The number of hydrogen-bond donors (Lipinski definition) is 0. The van der Waals surface area contributed by atoms with Crippen LogP contribution in [-0.2, 0) is 6.42 Å². The molecule has 0 amide bonds. The maximum absolute atomic E-state index is 6.63. The fourth-order valence-electron chi connectivity index (χ4n) is 6.56. The van der Waals surface area contributed by atoms with Crippen LogP contribution in [0.3, 0.4) is 0 Å². The van der Waals surface area contributed by atoms with E-state index in [1.165, 1.54) is 22.1 Å². The zero-order chi connectivity index (χ0) is 32.0. The van der Waals surface area contributed by atoms with Gasteiger partial charge in [-0.1, -0.05) is 122 Å². The van der Waals surface area contributed by atoms with Crippen LogP contribution in [-0.4, -0.2) is 24.9 Å². The van der Waals surface area contributed by atoms with Crippen LogP contribution < -0.4 is 0 Å². The third-order valence-corrected chi connectivity index (χ3v) is 9.08. The average molecular weight is 614 g/mol. The predicted octanol–water partition coefficient (Wildman–Crippen LogP) is 11.1. The van der Waals surface area contributed by atoms with E-state index in [1.54, 1.807) is 0 Å². The van der Waals surface area contributed by atoms with Gasteiger partial charge in [-0.05, 0) is 77.8 Å². The first-order valence-electron chi connectivity index (χ1n) is 16.6. The normalized spacial score (nSPS) is 15.9. The largest absolute Gasteiger partial charge is 0.460 e. The molecule has 0 fully saturated rings. The van der Waals surface area contributed by atoms with Gasteiger partial charge in [0.1, 0.15) is 17.2 Å². The van der Waals surface area contributed by atoms with E-state index in [0.29, 0.717) is 12.4 Å². The first-order chi connectivity index (χ1) is 23.2. The van der Waals surface area contributed by atoms with Crippen molar-refractivity contribution in [1.29, 1.82) is 0 Å². The quantitative estimate of drug-likeness (QED) is 0.127. The average Bonchev–Trinajstić information content (AvgIpc) is 3.51. The third-order valence-electron chi connectivity index (χ3n) is 9.08. The van der Waals surface area contributed by atoms with Gasteiger partial charge in [0.15, 0.2) is 5.84 Å². The summed E-state index contributed by atoms with van der Waals surface area (Å²) in [5.41, 5.74) is 7.92. The zero-order valence-corrected chi connectivity index (χ0v) is 26.9. The van der Waals surface area contributed by atoms with Crippen LogP contribution in [0, 0.1) is 5.92 Å². The van der Waals surface area contributed by atoms with E-state index in [2.05, 4.69) is 140 Å². The molecular weight excluding hydrogens is 574 g/mol. The zero-order valence-electron chi connectivity index (χ0n) is 26.9. The molecule has 2 aliphatic rings. The van der Waals surface area contributed by atoms with E-state index < -0.39 is 0 Å². The van der Waals surface area contributed by atoms with Crippen molar-refractivity contribution in [3.05, 3.63) is 143 Å². The second-order valence-electron chi connectivity index (χ2n) is 12.1. The number of fused-ring (bicyclic) bond motifs is 5. The Kier molecular flexibility index (Phi) is 9.01. The second-order valence-corrected chi connectivity index (χ2v) is 12.1. The Balaban J connectivity index is 1.34. The van der Waals surface area contributed by atoms with Crippen molar-refractivity contribution in [2.75, 3.05) is 6.54 Å². The molecule has 232 valence electrons. The molecule has 1 aromatic heterocycles. The maximum Gasteiger partial charge on any atom is 0.153 e. The molecule has 2 aliphatic carbocycles. The highest BCUT2D eigenvalue weighted by Crippen LogP contribution is 2.41. The summed E-state index contributed by atoms with van der Waals surface area (Å²) in [4.78, 5) is 14.8. The molecule has 0 radical (unpaired) electrons. The number of rotatable bonds is 8. The highest BCUT2D eigenvalue weighted by atomic mass is 16.3. The molecule has 4 nitrogen and oxygen atoms in total. The molecular formula is C43H39N3O. The van der Waals surface area contributed by atoms with Crippen LogP contribution in [0.1, 0.15) is 49.5 Å². The summed E-state index contributed by atoms with van der Waals surface area (Å²) in [6.07, 6.45) is 17.8. The maximum atomic E-state index is 6.63. The van der Waals surface area contributed by atoms with Gasteiger partial charge in [-0.3, -0.25) is 4.99 Å². The molecule has 4 aromatic carbocycles. The molecule has 0 N–H and O–H groups in total. The van der Waals surface area contributed by atoms with Crippen molar-refractivity contribution in [2.45, 2.75) is 39.0 Å². The van der Waals surface area contributed by atoms with Gasteiger partial charge in [0.25, 0.3) is 0 Å². The molecule has 4 heteroatoms. The van der Waals surface area contributed by atoms with E-state index in [0.717, 1.165) is 76.8 Å². The van der Waals surface area contributed by atoms with Gasteiger partial charge in [0.2, 0.25) is 0 Å². The van der Waals surface area contributed by atoms with Crippen molar-refractivity contribution in [1.82, 2.24) is 0 Å². The van der Waals surface area contributed by atoms with Crippen LogP contribution in [0.15, 0.2) is 146 Å². The minimum absolute atomic E-state index is 0.0148. The molecule has 1 atom stereocenters. The van der Waals surface area contributed by atoms with Gasteiger partial charge in [-0.2, -0.15) is 0 Å². The van der Waals surface area contributed by atoms with Gasteiger partial charge < -0.3 is 4.42 Å². The third kappa shape index (κ3) is 6.50. The van der Waals surface area contributed by atoms with Crippen molar-refractivity contribution in [3.8, 4) is 11.1 Å². The van der Waals surface area contributed by atoms with Gasteiger partial charge in [-0.25, -0.2) is 9.98 Å². The molecule has 7 rings (SSSR count). The number of benzene rings is 4. The molecule has 47 heavy (non-hydrogen) atoms. The van der Waals surface area contributed by atoms with Gasteiger partial charge in [0.05, 0.1) is 6.54 Å². The molecule has 0 aliphatic heterocycles. The van der Waals surface area contributed by atoms with E-state index in [9.17, 15) is 0 Å². The fraction of sp³-hybridized carbons (Fsp3) is 0.186. The van der Waals surface area contributed by atoms with E-state index in [-0.39, 0.29) is 5.92 Å². The van der Waals surface area contributed by atoms with Gasteiger partial charge in [-0.15, -0.1) is 0 Å². The summed E-state index contributed by atoms with van der Waals surface area (Å²) in [7, 11) is 0. The van der Waals surface area contributed by atoms with Crippen LogP contribution in [0.5, 0.6) is 0 Å². The molecule has 0 spiro atoms. The van der Waals surface area contributed by atoms with Crippen molar-refractivity contribution >= 4 is 52.3 Å². The Labute approximate surface area is 277 Å².